The van der Waals surface area contributed by atoms with E-state index in [9.17, 15) is 25.0 Å². The Bertz CT molecular complexity index is 600. The summed E-state index contributed by atoms with van der Waals surface area (Å²) in [6.07, 6.45) is -0.0270. The van der Waals surface area contributed by atoms with Crippen molar-refractivity contribution in [3.8, 4) is 0 Å². The molecule has 0 amide bonds. The first-order valence-corrected chi connectivity index (χ1v) is 5.75. The maximum Gasteiger partial charge on any atom is 0.307 e. The summed E-state index contributed by atoms with van der Waals surface area (Å²) in [6.45, 7) is 1.58. The van der Waals surface area contributed by atoms with Crippen LogP contribution in [-0.2, 0) is 9.53 Å². The van der Waals surface area contributed by atoms with Crippen molar-refractivity contribution in [2.24, 2.45) is 10.2 Å². The van der Waals surface area contributed by atoms with Crippen LogP contribution in [0, 0.1) is 20.2 Å². The van der Waals surface area contributed by atoms with E-state index in [0.29, 0.717) is 0 Å². The first kappa shape index (κ1) is 16.1. The molecule has 0 aromatic heterocycles. The average molecular weight is 296 g/mol. The normalized spacial score (nSPS) is 12.1. The first-order chi connectivity index (χ1) is 9.85. The third-order valence-corrected chi connectivity index (χ3v) is 2.42. The quantitative estimate of drug-likeness (QED) is 0.342. The lowest BCUT2D eigenvalue weighted by Crippen LogP contribution is -2.08. The van der Waals surface area contributed by atoms with Gasteiger partial charge >= 0.3 is 11.7 Å². The lowest BCUT2D eigenvalue weighted by molar-refractivity contribution is -0.393. The van der Waals surface area contributed by atoms with E-state index < -0.39 is 33.2 Å². The fourth-order valence-corrected chi connectivity index (χ4v) is 1.38. The molecule has 0 radical (unpaired) electrons. The second kappa shape index (κ2) is 7.03. The van der Waals surface area contributed by atoms with Gasteiger partial charge in [0.25, 0.3) is 5.69 Å². The molecule has 0 aliphatic rings. The van der Waals surface area contributed by atoms with Crippen LogP contribution < -0.4 is 0 Å². The van der Waals surface area contributed by atoms with Gasteiger partial charge in [-0.05, 0) is 13.0 Å². The lowest BCUT2D eigenvalue weighted by Gasteiger charge is -2.02. The molecule has 0 bridgehead atoms. The van der Waals surface area contributed by atoms with Crippen molar-refractivity contribution in [2.45, 2.75) is 19.4 Å². The van der Waals surface area contributed by atoms with Crippen LogP contribution in [0.3, 0.4) is 0 Å². The lowest BCUT2D eigenvalue weighted by atomic mass is 10.2. The average Bonchev–Trinajstić information content (AvgIpc) is 2.44. The van der Waals surface area contributed by atoms with Gasteiger partial charge in [0.1, 0.15) is 0 Å². The van der Waals surface area contributed by atoms with E-state index in [1.54, 1.807) is 6.92 Å². The minimum atomic E-state index is -0.785. The molecule has 0 aliphatic carbocycles. The zero-order valence-corrected chi connectivity index (χ0v) is 11.3. The molecule has 0 heterocycles. The van der Waals surface area contributed by atoms with Crippen molar-refractivity contribution in [3.05, 3.63) is 38.4 Å². The Labute approximate surface area is 118 Å². The SMILES string of the molecule is COC(=O)CC(C)N=Nc1ccc([N+](=O)[O-])cc1[N+](=O)[O-]. The number of non-ortho nitro benzene ring substituents is 1. The Morgan fingerprint density at radius 3 is 2.52 bits per heavy atom. The summed E-state index contributed by atoms with van der Waals surface area (Å²) in [5, 5.41) is 28.9. The number of nitro benzene ring substituents is 2. The molecular weight excluding hydrogens is 284 g/mol. The Hall–Kier alpha value is -2.91. The van der Waals surface area contributed by atoms with Crippen molar-refractivity contribution in [2.75, 3.05) is 7.11 Å². The molecule has 1 aromatic carbocycles. The van der Waals surface area contributed by atoms with Crippen LogP contribution in [0.1, 0.15) is 13.3 Å². The highest BCUT2D eigenvalue weighted by Gasteiger charge is 2.19. The molecule has 0 saturated heterocycles. The van der Waals surface area contributed by atoms with Crippen molar-refractivity contribution in [1.29, 1.82) is 0 Å². The second-order valence-electron chi connectivity index (χ2n) is 4.03. The van der Waals surface area contributed by atoms with E-state index in [-0.39, 0.29) is 12.1 Å². The maximum absolute atomic E-state index is 11.0. The van der Waals surface area contributed by atoms with Gasteiger partial charge in [0, 0.05) is 6.07 Å². The molecule has 0 spiro atoms. The highest BCUT2D eigenvalue weighted by atomic mass is 16.6. The van der Waals surface area contributed by atoms with Crippen LogP contribution in [0.5, 0.6) is 0 Å². The molecule has 0 aliphatic heterocycles. The van der Waals surface area contributed by atoms with Gasteiger partial charge in [-0.3, -0.25) is 25.0 Å². The van der Waals surface area contributed by atoms with Gasteiger partial charge in [-0.2, -0.15) is 5.11 Å². The van der Waals surface area contributed by atoms with Crippen LogP contribution in [0.25, 0.3) is 0 Å². The summed E-state index contributed by atoms with van der Waals surface area (Å²) < 4.78 is 4.45. The summed E-state index contributed by atoms with van der Waals surface area (Å²) >= 11 is 0. The van der Waals surface area contributed by atoms with Gasteiger partial charge in [-0.15, -0.1) is 5.11 Å². The molecule has 1 atom stereocenters. The van der Waals surface area contributed by atoms with E-state index in [2.05, 4.69) is 15.0 Å². The number of carbonyl (C=O) groups excluding carboxylic acids is 1. The number of esters is 1. The van der Waals surface area contributed by atoms with Gasteiger partial charge < -0.3 is 4.74 Å². The molecule has 21 heavy (non-hydrogen) atoms. The van der Waals surface area contributed by atoms with Crippen molar-refractivity contribution >= 4 is 23.0 Å². The number of azo groups is 1. The smallest absolute Gasteiger partial charge is 0.307 e. The fourth-order valence-electron chi connectivity index (χ4n) is 1.38. The number of nitrogens with zero attached hydrogens (tertiary/aromatic N) is 4. The summed E-state index contributed by atoms with van der Waals surface area (Å²) in [5.41, 5.74) is -1.07. The summed E-state index contributed by atoms with van der Waals surface area (Å²) in [7, 11) is 1.23. The predicted octanol–water partition coefficient (Wildman–Crippen LogP) is 2.54. The third kappa shape index (κ3) is 4.60. The number of carbonyl (C=O) groups is 1. The monoisotopic (exact) mass is 296 g/mol. The number of nitro groups is 2. The Morgan fingerprint density at radius 1 is 1.33 bits per heavy atom. The first-order valence-electron chi connectivity index (χ1n) is 5.75. The van der Waals surface area contributed by atoms with Gasteiger partial charge in [0.15, 0.2) is 5.69 Å². The van der Waals surface area contributed by atoms with Crippen molar-refractivity contribution in [1.82, 2.24) is 0 Å². The molecule has 1 aromatic rings. The minimum absolute atomic E-state index is 0.0270. The van der Waals surface area contributed by atoms with Crippen LogP contribution in [0.2, 0.25) is 0 Å². The summed E-state index contributed by atoms with van der Waals surface area (Å²) in [4.78, 5) is 31.0. The number of methoxy groups -OCH3 is 1. The molecule has 112 valence electrons. The van der Waals surface area contributed by atoms with E-state index in [1.165, 1.54) is 7.11 Å². The zero-order chi connectivity index (χ0) is 16.0. The van der Waals surface area contributed by atoms with E-state index in [1.807, 2.05) is 0 Å². The third-order valence-electron chi connectivity index (χ3n) is 2.42. The molecule has 1 rings (SSSR count). The Balaban J connectivity index is 2.99. The van der Waals surface area contributed by atoms with Crippen molar-refractivity contribution in [3.63, 3.8) is 0 Å². The van der Waals surface area contributed by atoms with Crippen molar-refractivity contribution < 1.29 is 19.4 Å². The fraction of sp³-hybridized carbons (Fsp3) is 0.364. The highest BCUT2D eigenvalue weighted by Crippen LogP contribution is 2.31. The van der Waals surface area contributed by atoms with Gasteiger partial charge in [-0.25, -0.2) is 0 Å². The summed E-state index contributed by atoms with van der Waals surface area (Å²) in [5.74, 6) is -0.486. The molecule has 10 heteroatoms. The Morgan fingerprint density at radius 2 is 2.00 bits per heavy atom. The predicted molar refractivity (Wildman–Crippen MR) is 70.4 cm³/mol. The van der Waals surface area contributed by atoms with Crippen LogP contribution >= 0.6 is 0 Å². The number of hydrogen-bond acceptors (Lipinski definition) is 8. The van der Waals surface area contributed by atoms with E-state index in [4.69, 9.17) is 0 Å². The largest absolute Gasteiger partial charge is 0.469 e. The topological polar surface area (TPSA) is 137 Å². The number of ether oxygens (including phenoxy) is 1. The highest BCUT2D eigenvalue weighted by molar-refractivity contribution is 5.69. The van der Waals surface area contributed by atoms with E-state index >= 15 is 0 Å². The Kier molecular flexibility index (Phi) is 5.40. The van der Waals surface area contributed by atoms with Gasteiger partial charge in [0.05, 0.1) is 35.5 Å². The van der Waals surface area contributed by atoms with Crippen LogP contribution in [-0.4, -0.2) is 29.0 Å². The molecule has 1 unspecified atom stereocenters. The minimum Gasteiger partial charge on any atom is -0.469 e. The number of hydrogen-bond donors (Lipinski definition) is 0. The van der Waals surface area contributed by atoms with Gasteiger partial charge in [0.2, 0.25) is 0 Å². The van der Waals surface area contributed by atoms with Crippen LogP contribution in [0.4, 0.5) is 17.1 Å². The number of rotatable bonds is 6. The molecular formula is C11H12N4O6. The van der Waals surface area contributed by atoms with Gasteiger partial charge in [-0.1, -0.05) is 0 Å². The molecule has 10 nitrogen and oxygen atoms in total. The zero-order valence-electron chi connectivity index (χ0n) is 11.3. The second-order valence-corrected chi connectivity index (χ2v) is 4.03. The van der Waals surface area contributed by atoms with Crippen LogP contribution in [0.15, 0.2) is 28.4 Å². The molecule has 0 saturated carbocycles. The van der Waals surface area contributed by atoms with E-state index in [0.717, 1.165) is 18.2 Å². The molecule has 0 N–H and O–H groups in total. The number of benzene rings is 1. The summed E-state index contributed by atoms with van der Waals surface area (Å²) in [6, 6.07) is 2.49. The standard InChI is InChI=1S/C11H12N4O6/c1-7(5-11(16)21-2)12-13-9-4-3-8(14(17)18)6-10(9)15(19)20/h3-4,6-7H,5H2,1-2H3. The molecule has 0 fully saturated rings. The maximum atomic E-state index is 11.0.